The van der Waals surface area contributed by atoms with Crippen LogP contribution in [-0.2, 0) is 0 Å². The minimum absolute atomic E-state index is 0.262. The Morgan fingerprint density at radius 1 is 0.889 bits per heavy atom. The molecular formula is C22H18FN3O. The summed E-state index contributed by atoms with van der Waals surface area (Å²) in [5.74, 6) is 0.603. The normalized spacial score (nSPS) is 11.9. The van der Waals surface area contributed by atoms with Crippen molar-refractivity contribution in [2.75, 3.05) is 5.32 Å². The molecule has 1 aromatic heterocycles. The summed E-state index contributed by atoms with van der Waals surface area (Å²) in [7, 11) is 0. The van der Waals surface area contributed by atoms with E-state index < -0.39 is 6.04 Å². The molecule has 0 radical (unpaired) electrons. The van der Waals surface area contributed by atoms with Crippen molar-refractivity contribution in [1.82, 2.24) is 10.2 Å². The average molecular weight is 359 g/mol. The first-order chi connectivity index (χ1) is 13.2. The second-order valence-corrected chi connectivity index (χ2v) is 6.26. The zero-order chi connectivity index (χ0) is 18.6. The van der Waals surface area contributed by atoms with Crippen LogP contribution in [0.1, 0.15) is 23.1 Å². The lowest BCUT2D eigenvalue weighted by atomic mass is 10.1. The highest BCUT2D eigenvalue weighted by atomic mass is 19.1. The zero-order valence-electron chi connectivity index (χ0n) is 14.8. The predicted octanol–water partition coefficient (Wildman–Crippen LogP) is 5.39. The highest BCUT2D eigenvalue weighted by molar-refractivity contribution is 5.53. The largest absolute Gasteiger partial charge is 0.418 e. The molecule has 4 aromatic rings. The van der Waals surface area contributed by atoms with Gasteiger partial charge in [-0.2, -0.15) is 0 Å². The summed E-state index contributed by atoms with van der Waals surface area (Å²) < 4.78 is 19.9. The van der Waals surface area contributed by atoms with Gasteiger partial charge in [0, 0.05) is 11.3 Å². The molecule has 0 unspecified atom stereocenters. The van der Waals surface area contributed by atoms with Crippen LogP contribution in [-0.4, -0.2) is 10.2 Å². The topological polar surface area (TPSA) is 51.0 Å². The average Bonchev–Trinajstić information content (AvgIpc) is 3.20. The standard InChI is InChI=1S/C22H18FN3O/c1-15-12-13-18(14-19(15)23)24-20(16-8-4-2-5-9-16)22-26-25-21(27-22)17-10-6-3-7-11-17/h2-14,20,24H,1H3/t20-/m0/s1. The van der Waals surface area contributed by atoms with Gasteiger partial charge in [-0.1, -0.05) is 54.6 Å². The number of nitrogens with zero attached hydrogens (tertiary/aromatic N) is 2. The van der Waals surface area contributed by atoms with Crippen LogP contribution in [0.4, 0.5) is 10.1 Å². The monoisotopic (exact) mass is 359 g/mol. The van der Waals surface area contributed by atoms with E-state index >= 15 is 0 Å². The molecule has 0 fully saturated rings. The predicted molar refractivity (Wildman–Crippen MR) is 103 cm³/mol. The fourth-order valence-electron chi connectivity index (χ4n) is 2.83. The van der Waals surface area contributed by atoms with Crippen LogP contribution in [0.3, 0.4) is 0 Å². The van der Waals surface area contributed by atoms with Crippen molar-refractivity contribution in [3.63, 3.8) is 0 Å². The minimum Gasteiger partial charge on any atom is -0.418 e. The molecule has 0 spiro atoms. The van der Waals surface area contributed by atoms with Crippen LogP contribution in [0.2, 0.25) is 0 Å². The van der Waals surface area contributed by atoms with E-state index in [1.807, 2.05) is 66.7 Å². The summed E-state index contributed by atoms with van der Waals surface area (Å²) in [4.78, 5) is 0. The molecule has 0 amide bonds. The zero-order valence-corrected chi connectivity index (χ0v) is 14.8. The molecule has 5 heteroatoms. The molecule has 0 aliphatic heterocycles. The maximum atomic E-state index is 14.0. The number of hydrogen-bond acceptors (Lipinski definition) is 4. The molecule has 0 bridgehead atoms. The summed E-state index contributed by atoms with van der Waals surface area (Å²) >= 11 is 0. The molecular weight excluding hydrogens is 341 g/mol. The van der Waals surface area contributed by atoms with Gasteiger partial charge in [0.2, 0.25) is 11.8 Å². The summed E-state index contributed by atoms with van der Waals surface area (Å²) in [6.07, 6.45) is 0. The lowest BCUT2D eigenvalue weighted by Gasteiger charge is -2.17. The summed E-state index contributed by atoms with van der Waals surface area (Å²) in [5.41, 5.74) is 3.04. The van der Waals surface area contributed by atoms with Gasteiger partial charge in [-0.3, -0.25) is 0 Å². The molecule has 4 nitrogen and oxygen atoms in total. The molecule has 1 heterocycles. The number of hydrogen-bond donors (Lipinski definition) is 1. The Hall–Kier alpha value is -3.47. The van der Waals surface area contributed by atoms with Gasteiger partial charge < -0.3 is 9.73 Å². The van der Waals surface area contributed by atoms with Crippen molar-refractivity contribution in [3.8, 4) is 11.5 Å². The molecule has 1 N–H and O–H groups in total. The van der Waals surface area contributed by atoms with Crippen molar-refractivity contribution in [2.24, 2.45) is 0 Å². The molecule has 0 saturated heterocycles. The Kier molecular flexibility index (Phi) is 4.66. The lowest BCUT2D eigenvalue weighted by Crippen LogP contribution is -2.13. The number of aromatic nitrogens is 2. The highest BCUT2D eigenvalue weighted by Gasteiger charge is 2.21. The van der Waals surface area contributed by atoms with Crippen LogP contribution in [0.25, 0.3) is 11.5 Å². The molecule has 0 aliphatic carbocycles. The molecule has 0 aliphatic rings. The van der Waals surface area contributed by atoms with Crippen LogP contribution < -0.4 is 5.32 Å². The Bertz CT molecular complexity index is 1030. The van der Waals surface area contributed by atoms with Gasteiger partial charge in [0.1, 0.15) is 11.9 Å². The molecule has 27 heavy (non-hydrogen) atoms. The van der Waals surface area contributed by atoms with Gasteiger partial charge >= 0.3 is 0 Å². The summed E-state index contributed by atoms with van der Waals surface area (Å²) in [6.45, 7) is 1.73. The molecule has 0 saturated carbocycles. The van der Waals surface area contributed by atoms with E-state index in [-0.39, 0.29) is 5.82 Å². The molecule has 134 valence electrons. The van der Waals surface area contributed by atoms with Crippen molar-refractivity contribution in [3.05, 3.63) is 102 Å². The van der Waals surface area contributed by atoms with Gasteiger partial charge in [-0.15, -0.1) is 10.2 Å². The summed E-state index contributed by atoms with van der Waals surface area (Å²) in [5, 5.41) is 11.7. The third kappa shape index (κ3) is 3.72. The number of nitrogens with one attached hydrogen (secondary N) is 1. The third-order valence-electron chi connectivity index (χ3n) is 4.32. The first-order valence-electron chi connectivity index (χ1n) is 8.67. The van der Waals surface area contributed by atoms with Gasteiger partial charge in [0.15, 0.2) is 0 Å². The van der Waals surface area contributed by atoms with Crippen molar-refractivity contribution in [1.29, 1.82) is 0 Å². The SMILES string of the molecule is Cc1ccc(N[C@@H](c2ccccc2)c2nnc(-c3ccccc3)o2)cc1F. The quantitative estimate of drug-likeness (QED) is 0.519. The van der Waals surface area contributed by atoms with E-state index in [0.717, 1.165) is 11.1 Å². The molecule has 3 aromatic carbocycles. The van der Waals surface area contributed by atoms with Crippen LogP contribution in [0.15, 0.2) is 83.3 Å². The van der Waals surface area contributed by atoms with Gasteiger partial charge in [0.25, 0.3) is 0 Å². The van der Waals surface area contributed by atoms with Crippen molar-refractivity contribution >= 4 is 5.69 Å². The fourth-order valence-corrected chi connectivity index (χ4v) is 2.83. The first kappa shape index (κ1) is 17.0. The highest BCUT2D eigenvalue weighted by Crippen LogP contribution is 2.28. The number of anilines is 1. The Balaban J connectivity index is 1.70. The second-order valence-electron chi connectivity index (χ2n) is 6.26. The summed E-state index contributed by atoms with van der Waals surface area (Å²) in [6, 6.07) is 24.0. The maximum absolute atomic E-state index is 14.0. The Labute approximate surface area is 156 Å². The molecule has 4 rings (SSSR count). The number of halogens is 1. The van der Waals surface area contributed by atoms with E-state index in [1.54, 1.807) is 13.0 Å². The third-order valence-corrected chi connectivity index (χ3v) is 4.32. The van der Waals surface area contributed by atoms with E-state index in [4.69, 9.17) is 4.42 Å². The lowest BCUT2D eigenvalue weighted by molar-refractivity contribution is 0.494. The fraction of sp³-hybridized carbons (Fsp3) is 0.0909. The van der Waals surface area contributed by atoms with Crippen LogP contribution in [0, 0.1) is 12.7 Å². The maximum Gasteiger partial charge on any atom is 0.247 e. The number of rotatable bonds is 5. The van der Waals surface area contributed by atoms with Crippen molar-refractivity contribution in [2.45, 2.75) is 13.0 Å². The first-order valence-corrected chi connectivity index (χ1v) is 8.67. The Morgan fingerprint density at radius 2 is 1.59 bits per heavy atom. The van der Waals surface area contributed by atoms with Gasteiger partial charge in [0.05, 0.1) is 0 Å². The van der Waals surface area contributed by atoms with E-state index in [0.29, 0.717) is 23.0 Å². The number of aryl methyl sites for hydroxylation is 1. The smallest absolute Gasteiger partial charge is 0.247 e. The second kappa shape index (κ2) is 7.41. The number of benzene rings is 3. The van der Waals surface area contributed by atoms with Gasteiger partial charge in [-0.25, -0.2) is 4.39 Å². The van der Waals surface area contributed by atoms with E-state index in [1.165, 1.54) is 6.07 Å². The van der Waals surface area contributed by atoms with Crippen LogP contribution >= 0.6 is 0 Å². The van der Waals surface area contributed by atoms with Gasteiger partial charge in [-0.05, 0) is 42.3 Å². The minimum atomic E-state index is -0.390. The van der Waals surface area contributed by atoms with E-state index in [9.17, 15) is 4.39 Å². The Morgan fingerprint density at radius 3 is 2.30 bits per heavy atom. The molecule has 1 atom stereocenters. The van der Waals surface area contributed by atoms with E-state index in [2.05, 4.69) is 15.5 Å². The van der Waals surface area contributed by atoms with Crippen molar-refractivity contribution < 1.29 is 8.81 Å². The van der Waals surface area contributed by atoms with Crippen LogP contribution in [0.5, 0.6) is 0 Å².